The number of ether oxygens (including phenoxy) is 1. The Morgan fingerprint density at radius 3 is 2.50 bits per heavy atom. The van der Waals surface area contributed by atoms with Crippen molar-refractivity contribution >= 4 is 0 Å². The van der Waals surface area contributed by atoms with E-state index >= 15 is 0 Å². The lowest BCUT2D eigenvalue weighted by Gasteiger charge is -2.25. The highest BCUT2D eigenvalue weighted by Crippen LogP contribution is 2.10. The van der Waals surface area contributed by atoms with E-state index in [1.54, 1.807) is 19.9 Å². The average Bonchev–Trinajstić information content (AvgIpc) is 1.80. The Morgan fingerprint density at radius 2 is 2.20 bits per heavy atom. The van der Waals surface area contributed by atoms with Gasteiger partial charge < -0.3 is 9.84 Å². The Bertz CT molecular complexity index is 102. The maximum absolute atomic E-state index is 9.35. The first-order chi connectivity index (χ1) is 4.48. The lowest BCUT2D eigenvalue weighted by molar-refractivity contribution is -0.0704. The third-order valence-corrected chi connectivity index (χ3v) is 1.46. The monoisotopic (exact) mass is 144 g/mol. The maximum Gasteiger partial charge on any atom is 0.0849 e. The van der Waals surface area contributed by atoms with Crippen molar-refractivity contribution in [2.75, 3.05) is 6.61 Å². The molecule has 0 aliphatic heterocycles. The Morgan fingerprint density at radius 1 is 1.70 bits per heavy atom. The minimum Gasteiger partial charge on any atom is -0.388 e. The SMILES string of the molecule is C=CCOC(C)C(C)(C)O. The smallest absolute Gasteiger partial charge is 0.0849 e. The molecule has 0 aromatic carbocycles. The second-order valence-corrected chi connectivity index (χ2v) is 2.92. The van der Waals surface area contributed by atoms with Crippen LogP contribution in [0.25, 0.3) is 0 Å². The molecule has 2 heteroatoms. The molecule has 0 heterocycles. The summed E-state index contributed by atoms with van der Waals surface area (Å²) in [6.45, 7) is 9.28. The molecule has 1 atom stereocenters. The molecule has 0 amide bonds. The molecule has 1 unspecified atom stereocenters. The number of hydrogen-bond donors (Lipinski definition) is 1. The molecule has 0 fully saturated rings. The minimum absolute atomic E-state index is 0.148. The van der Waals surface area contributed by atoms with Crippen LogP contribution < -0.4 is 0 Å². The van der Waals surface area contributed by atoms with Gasteiger partial charge in [0.15, 0.2) is 0 Å². The lowest BCUT2D eigenvalue weighted by Crippen LogP contribution is -2.35. The van der Waals surface area contributed by atoms with Gasteiger partial charge >= 0.3 is 0 Å². The molecule has 0 radical (unpaired) electrons. The van der Waals surface area contributed by atoms with Gasteiger partial charge in [0.2, 0.25) is 0 Å². The van der Waals surface area contributed by atoms with Gasteiger partial charge in [-0.25, -0.2) is 0 Å². The van der Waals surface area contributed by atoms with Crippen LogP contribution >= 0.6 is 0 Å². The fraction of sp³-hybridized carbons (Fsp3) is 0.750. The van der Waals surface area contributed by atoms with Crippen molar-refractivity contribution in [2.45, 2.75) is 32.5 Å². The second-order valence-electron chi connectivity index (χ2n) is 2.92. The summed E-state index contributed by atoms with van der Waals surface area (Å²) in [5.41, 5.74) is -0.761. The van der Waals surface area contributed by atoms with Gasteiger partial charge in [-0.1, -0.05) is 6.08 Å². The zero-order valence-electron chi connectivity index (χ0n) is 6.92. The highest BCUT2D eigenvalue weighted by molar-refractivity contribution is 4.75. The van der Waals surface area contributed by atoms with Crippen molar-refractivity contribution in [3.63, 3.8) is 0 Å². The lowest BCUT2D eigenvalue weighted by atomic mass is 10.0. The van der Waals surface area contributed by atoms with Gasteiger partial charge in [-0.15, -0.1) is 6.58 Å². The minimum atomic E-state index is -0.761. The van der Waals surface area contributed by atoms with Crippen LogP contribution in [0.1, 0.15) is 20.8 Å². The quantitative estimate of drug-likeness (QED) is 0.603. The highest BCUT2D eigenvalue weighted by atomic mass is 16.5. The van der Waals surface area contributed by atoms with Crippen molar-refractivity contribution in [3.8, 4) is 0 Å². The summed E-state index contributed by atoms with van der Waals surface area (Å²) in [6, 6.07) is 0. The van der Waals surface area contributed by atoms with E-state index in [1.807, 2.05) is 6.92 Å². The molecule has 0 saturated heterocycles. The number of rotatable bonds is 4. The second kappa shape index (κ2) is 3.74. The first kappa shape index (κ1) is 9.66. The molecule has 0 saturated carbocycles. The molecule has 10 heavy (non-hydrogen) atoms. The average molecular weight is 144 g/mol. The van der Waals surface area contributed by atoms with Crippen molar-refractivity contribution in [1.29, 1.82) is 0 Å². The van der Waals surface area contributed by atoms with Crippen LogP contribution in [0.2, 0.25) is 0 Å². The van der Waals surface area contributed by atoms with E-state index in [9.17, 15) is 5.11 Å². The molecule has 0 aliphatic rings. The molecule has 60 valence electrons. The Labute approximate surface area is 62.5 Å². The standard InChI is InChI=1S/C8H16O2/c1-5-6-10-7(2)8(3,4)9/h5,7,9H,1,6H2,2-4H3. The van der Waals surface area contributed by atoms with Crippen LogP contribution in [-0.2, 0) is 4.74 Å². The summed E-state index contributed by atoms with van der Waals surface area (Å²) in [5.74, 6) is 0. The van der Waals surface area contributed by atoms with Gasteiger partial charge in [-0.2, -0.15) is 0 Å². The van der Waals surface area contributed by atoms with Crippen LogP contribution in [0.3, 0.4) is 0 Å². The Balaban J connectivity index is 3.61. The molecular weight excluding hydrogens is 128 g/mol. The van der Waals surface area contributed by atoms with Crippen molar-refractivity contribution in [3.05, 3.63) is 12.7 Å². The van der Waals surface area contributed by atoms with E-state index in [0.717, 1.165) is 0 Å². The maximum atomic E-state index is 9.35. The summed E-state index contributed by atoms with van der Waals surface area (Å²) in [6.07, 6.45) is 1.52. The summed E-state index contributed by atoms with van der Waals surface area (Å²) >= 11 is 0. The van der Waals surface area contributed by atoms with E-state index in [2.05, 4.69) is 6.58 Å². The zero-order valence-corrected chi connectivity index (χ0v) is 6.92. The largest absolute Gasteiger partial charge is 0.388 e. The first-order valence-corrected chi connectivity index (χ1v) is 3.43. The summed E-state index contributed by atoms with van der Waals surface area (Å²) in [7, 11) is 0. The molecule has 0 bridgehead atoms. The highest BCUT2D eigenvalue weighted by Gasteiger charge is 2.21. The zero-order chi connectivity index (χ0) is 8.20. The van der Waals surface area contributed by atoms with Crippen LogP contribution in [0.15, 0.2) is 12.7 Å². The molecule has 0 aromatic heterocycles. The van der Waals surface area contributed by atoms with E-state index in [1.165, 1.54) is 0 Å². The topological polar surface area (TPSA) is 29.5 Å². The summed E-state index contributed by atoms with van der Waals surface area (Å²) in [4.78, 5) is 0. The fourth-order valence-electron chi connectivity index (χ4n) is 0.416. The van der Waals surface area contributed by atoms with Crippen LogP contribution in [-0.4, -0.2) is 23.4 Å². The van der Waals surface area contributed by atoms with Gasteiger partial charge in [-0.3, -0.25) is 0 Å². The van der Waals surface area contributed by atoms with Gasteiger partial charge in [0.25, 0.3) is 0 Å². The third-order valence-electron chi connectivity index (χ3n) is 1.46. The number of aliphatic hydroxyl groups is 1. The summed E-state index contributed by atoms with van der Waals surface area (Å²) in [5, 5.41) is 9.35. The fourth-order valence-corrected chi connectivity index (χ4v) is 0.416. The predicted octanol–water partition coefficient (Wildman–Crippen LogP) is 1.35. The normalized spacial score (nSPS) is 14.8. The van der Waals surface area contributed by atoms with Crippen LogP contribution in [0.5, 0.6) is 0 Å². The Kier molecular flexibility index (Phi) is 3.61. The molecule has 0 aromatic rings. The van der Waals surface area contributed by atoms with E-state index in [4.69, 9.17) is 4.74 Å². The summed E-state index contributed by atoms with van der Waals surface area (Å²) < 4.78 is 5.19. The molecule has 0 spiro atoms. The van der Waals surface area contributed by atoms with E-state index < -0.39 is 5.60 Å². The third kappa shape index (κ3) is 3.64. The Hall–Kier alpha value is -0.340. The van der Waals surface area contributed by atoms with E-state index in [-0.39, 0.29) is 6.10 Å². The van der Waals surface area contributed by atoms with E-state index in [0.29, 0.717) is 6.61 Å². The van der Waals surface area contributed by atoms with Gasteiger partial charge in [-0.05, 0) is 20.8 Å². The van der Waals surface area contributed by atoms with Crippen molar-refractivity contribution in [2.24, 2.45) is 0 Å². The molecule has 2 nitrogen and oxygen atoms in total. The molecule has 0 aliphatic carbocycles. The van der Waals surface area contributed by atoms with Gasteiger partial charge in [0, 0.05) is 0 Å². The van der Waals surface area contributed by atoms with Crippen LogP contribution in [0, 0.1) is 0 Å². The molecular formula is C8H16O2. The van der Waals surface area contributed by atoms with Gasteiger partial charge in [0.05, 0.1) is 18.3 Å². The van der Waals surface area contributed by atoms with Crippen molar-refractivity contribution < 1.29 is 9.84 Å². The molecule has 0 rings (SSSR count). The molecule has 1 N–H and O–H groups in total. The predicted molar refractivity (Wildman–Crippen MR) is 41.9 cm³/mol. The van der Waals surface area contributed by atoms with Gasteiger partial charge in [0.1, 0.15) is 0 Å². The first-order valence-electron chi connectivity index (χ1n) is 3.43. The van der Waals surface area contributed by atoms with Crippen LogP contribution in [0.4, 0.5) is 0 Å². The van der Waals surface area contributed by atoms with Crippen molar-refractivity contribution in [1.82, 2.24) is 0 Å². The number of hydrogen-bond acceptors (Lipinski definition) is 2.